The van der Waals surface area contributed by atoms with Gasteiger partial charge in [0, 0.05) is 0 Å². The highest BCUT2D eigenvalue weighted by Crippen LogP contribution is 2.30. The number of hydrogen-bond donors (Lipinski definition) is 2. The summed E-state index contributed by atoms with van der Waals surface area (Å²) >= 11 is 11.9. The Kier molecular flexibility index (Phi) is 8.76. The Hall–Kier alpha value is -2.97. The lowest BCUT2D eigenvalue weighted by Gasteiger charge is -2.15. The summed E-state index contributed by atoms with van der Waals surface area (Å²) in [5, 5.41) is 23.5. The number of carbonyl (C=O) groups is 2. The topological polar surface area (TPSA) is 109 Å². The lowest BCUT2D eigenvalue weighted by molar-refractivity contribution is -0.141. The molecule has 0 saturated heterocycles. The van der Waals surface area contributed by atoms with Crippen molar-refractivity contribution in [3.05, 3.63) is 57.6 Å². The lowest BCUT2D eigenvalue weighted by atomic mass is 10.2. The summed E-state index contributed by atoms with van der Waals surface area (Å²) in [6.07, 6.45) is 1.36. The van der Waals surface area contributed by atoms with Gasteiger partial charge in [0.05, 0.1) is 22.9 Å². The van der Waals surface area contributed by atoms with Gasteiger partial charge in [-0.05, 0) is 48.4 Å². The monoisotopic (exact) mass is 454 g/mol. The number of carboxylic acid groups (broad SMARTS) is 2. The van der Waals surface area contributed by atoms with Crippen molar-refractivity contribution in [3.63, 3.8) is 0 Å². The number of carboxylic acids is 2. The third-order valence-corrected chi connectivity index (χ3v) is 4.39. The number of hydrogen-bond acceptors (Lipinski definition) is 6. The van der Waals surface area contributed by atoms with Crippen LogP contribution in [-0.4, -0.2) is 53.1 Å². The van der Waals surface area contributed by atoms with Crippen LogP contribution in [0.3, 0.4) is 0 Å². The van der Waals surface area contributed by atoms with Gasteiger partial charge in [-0.15, -0.1) is 0 Å². The highest BCUT2D eigenvalue weighted by Gasteiger charge is 2.11. The molecular weight excluding hydrogens is 435 g/mol. The van der Waals surface area contributed by atoms with Gasteiger partial charge in [-0.3, -0.25) is 14.6 Å². The lowest BCUT2D eigenvalue weighted by Crippen LogP contribution is -2.30. The molecule has 0 bridgehead atoms. The molecule has 0 aliphatic rings. The average Bonchev–Trinajstić information content (AvgIpc) is 2.67. The molecule has 8 nitrogen and oxygen atoms in total. The summed E-state index contributed by atoms with van der Waals surface area (Å²) in [4.78, 5) is 21.7. The van der Waals surface area contributed by atoms with E-state index in [4.69, 9.17) is 42.9 Å². The SMILES string of the molecule is CCOc1cc(/C=N\N(CC(=O)O)CC(=O)O)ccc1OCc1ccc(Cl)c(Cl)c1. The Morgan fingerprint density at radius 3 is 2.30 bits per heavy atom. The van der Waals surface area contributed by atoms with Crippen molar-refractivity contribution in [2.24, 2.45) is 5.10 Å². The molecule has 2 aromatic rings. The third kappa shape index (κ3) is 7.46. The first-order valence-corrected chi connectivity index (χ1v) is 9.60. The van der Waals surface area contributed by atoms with Gasteiger partial charge in [0.2, 0.25) is 0 Å². The zero-order valence-corrected chi connectivity index (χ0v) is 17.6. The van der Waals surface area contributed by atoms with Crippen molar-refractivity contribution in [3.8, 4) is 11.5 Å². The third-order valence-electron chi connectivity index (χ3n) is 3.65. The van der Waals surface area contributed by atoms with E-state index >= 15 is 0 Å². The van der Waals surface area contributed by atoms with E-state index in [1.54, 1.807) is 36.4 Å². The van der Waals surface area contributed by atoms with Crippen LogP contribution >= 0.6 is 23.2 Å². The van der Waals surface area contributed by atoms with Crippen LogP contribution in [0.15, 0.2) is 41.5 Å². The normalized spacial score (nSPS) is 10.8. The van der Waals surface area contributed by atoms with E-state index in [-0.39, 0.29) is 6.61 Å². The maximum atomic E-state index is 10.9. The van der Waals surface area contributed by atoms with Crippen LogP contribution in [0.2, 0.25) is 10.0 Å². The molecule has 0 unspecified atom stereocenters. The van der Waals surface area contributed by atoms with Crippen molar-refractivity contribution >= 4 is 41.4 Å². The number of ether oxygens (including phenoxy) is 2. The largest absolute Gasteiger partial charge is 0.490 e. The molecule has 10 heteroatoms. The molecule has 0 fully saturated rings. The molecule has 0 radical (unpaired) electrons. The van der Waals surface area contributed by atoms with Gasteiger partial charge in [-0.1, -0.05) is 29.3 Å². The highest BCUT2D eigenvalue weighted by atomic mass is 35.5. The van der Waals surface area contributed by atoms with Crippen molar-refractivity contribution in [1.82, 2.24) is 5.01 Å². The van der Waals surface area contributed by atoms with Gasteiger partial charge >= 0.3 is 11.9 Å². The zero-order valence-electron chi connectivity index (χ0n) is 16.0. The minimum Gasteiger partial charge on any atom is -0.490 e. The van der Waals surface area contributed by atoms with Crippen LogP contribution in [-0.2, 0) is 16.2 Å². The van der Waals surface area contributed by atoms with E-state index in [9.17, 15) is 9.59 Å². The first-order chi connectivity index (χ1) is 14.3. The molecule has 0 aliphatic heterocycles. The molecule has 0 spiro atoms. The molecule has 0 amide bonds. The minimum absolute atomic E-state index is 0.245. The van der Waals surface area contributed by atoms with Crippen LogP contribution < -0.4 is 9.47 Å². The number of halogens is 2. The fourth-order valence-electron chi connectivity index (χ4n) is 2.38. The van der Waals surface area contributed by atoms with E-state index in [1.807, 2.05) is 6.92 Å². The van der Waals surface area contributed by atoms with Gasteiger partial charge in [0.15, 0.2) is 11.5 Å². The van der Waals surface area contributed by atoms with Gasteiger partial charge in [-0.25, -0.2) is 0 Å². The standard InChI is InChI=1S/C20H20Cl2N2O6/c1-2-29-18-8-13(9-23-24(10-19(25)26)11-20(27)28)4-6-17(18)30-12-14-3-5-15(21)16(22)7-14/h3-9H,2,10-12H2,1H3,(H,25,26)(H,27,28)/b23-9-. The number of aliphatic carboxylic acids is 2. The van der Waals surface area contributed by atoms with Crippen LogP contribution in [0.25, 0.3) is 0 Å². The summed E-state index contributed by atoms with van der Waals surface area (Å²) in [7, 11) is 0. The van der Waals surface area contributed by atoms with Crippen molar-refractivity contribution in [2.75, 3.05) is 19.7 Å². The molecule has 0 saturated carbocycles. The summed E-state index contributed by atoms with van der Waals surface area (Å²) in [5.74, 6) is -1.42. The molecule has 0 atom stereocenters. The van der Waals surface area contributed by atoms with E-state index in [0.29, 0.717) is 33.7 Å². The fourth-order valence-corrected chi connectivity index (χ4v) is 2.70. The summed E-state index contributed by atoms with van der Waals surface area (Å²) in [5.41, 5.74) is 1.41. The maximum Gasteiger partial charge on any atom is 0.324 e. The molecule has 0 heterocycles. The summed E-state index contributed by atoms with van der Waals surface area (Å²) < 4.78 is 11.4. The highest BCUT2D eigenvalue weighted by molar-refractivity contribution is 6.42. The Balaban J connectivity index is 2.15. The van der Waals surface area contributed by atoms with Gasteiger partial charge in [0.25, 0.3) is 0 Å². The smallest absolute Gasteiger partial charge is 0.324 e. The molecule has 2 rings (SSSR count). The first-order valence-electron chi connectivity index (χ1n) is 8.84. The average molecular weight is 455 g/mol. The van der Waals surface area contributed by atoms with E-state index in [1.165, 1.54) is 6.21 Å². The molecule has 2 aromatic carbocycles. The van der Waals surface area contributed by atoms with Crippen molar-refractivity contribution < 1.29 is 29.3 Å². The Bertz CT molecular complexity index is 920. The quantitative estimate of drug-likeness (QED) is 0.392. The summed E-state index contributed by atoms with van der Waals surface area (Å²) in [6, 6.07) is 10.2. The van der Waals surface area contributed by atoms with Crippen LogP contribution in [0.5, 0.6) is 11.5 Å². The molecule has 30 heavy (non-hydrogen) atoms. The van der Waals surface area contributed by atoms with Crippen molar-refractivity contribution in [1.29, 1.82) is 0 Å². The van der Waals surface area contributed by atoms with Gasteiger partial charge in [-0.2, -0.15) is 5.10 Å². The van der Waals surface area contributed by atoms with Gasteiger partial charge in [0.1, 0.15) is 19.7 Å². The van der Waals surface area contributed by atoms with E-state index in [2.05, 4.69) is 5.10 Å². The second kappa shape index (κ2) is 11.3. The number of benzene rings is 2. The number of rotatable bonds is 11. The Morgan fingerprint density at radius 1 is 1.00 bits per heavy atom. The predicted octanol–water partition coefficient (Wildman–Crippen LogP) is 3.78. The molecule has 0 aromatic heterocycles. The molecular formula is C20H20Cl2N2O6. The van der Waals surface area contributed by atoms with Crippen LogP contribution in [0.4, 0.5) is 0 Å². The maximum absolute atomic E-state index is 10.9. The number of nitrogens with zero attached hydrogens (tertiary/aromatic N) is 2. The van der Waals surface area contributed by atoms with Crippen molar-refractivity contribution in [2.45, 2.75) is 13.5 Å². The molecule has 160 valence electrons. The molecule has 2 N–H and O–H groups in total. The van der Waals surface area contributed by atoms with E-state index < -0.39 is 25.0 Å². The van der Waals surface area contributed by atoms with Gasteiger partial charge < -0.3 is 19.7 Å². The summed E-state index contributed by atoms with van der Waals surface area (Å²) in [6.45, 7) is 1.40. The second-order valence-electron chi connectivity index (χ2n) is 6.03. The van der Waals surface area contributed by atoms with Crippen LogP contribution in [0, 0.1) is 0 Å². The van der Waals surface area contributed by atoms with Crippen LogP contribution in [0.1, 0.15) is 18.1 Å². The first kappa shape index (κ1) is 23.3. The Morgan fingerprint density at radius 2 is 1.70 bits per heavy atom. The molecule has 0 aliphatic carbocycles. The fraction of sp³-hybridized carbons (Fsp3) is 0.250. The minimum atomic E-state index is -1.19. The Labute approximate surface area is 183 Å². The predicted molar refractivity (Wildman–Crippen MR) is 113 cm³/mol. The van der Waals surface area contributed by atoms with E-state index in [0.717, 1.165) is 10.6 Å². The zero-order chi connectivity index (χ0) is 22.1. The number of hydrazone groups is 1. The second-order valence-corrected chi connectivity index (χ2v) is 6.85.